The molecule has 0 fully saturated rings. The zero-order chi connectivity index (χ0) is 19.7. The molecule has 0 aliphatic carbocycles. The number of nitrogens with zero attached hydrogens (tertiary/aromatic N) is 1. The summed E-state index contributed by atoms with van der Waals surface area (Å²) in [5, 5.41) is 3.90. The number of hydrazone groups is 1. The molecule has 27 heavy (non-hydrogen) atoms. The third-order valence-corrected chi connectivity index (χ3v) is 3.27. The SMILES string of the molecule is CCOc1cc(C=NNC(=O)OC(C)(C)C)ccc1OCc1ccccc1. The van der Waals surface area contributed by atoms with Gasteiger partial charge in [-0.15, -0.1) is 0 Å². The molecule has 0 atom stereocenters. The van der Waals surface area contributed by atoms with Crippen LogP contribution in [0.3, 0.4) is 0 Å². The minimum atomic E-state index is -0.605. The standard InChI is InChI=1S/C21H26N2O4/c1-5-25-19-13-17(14-22-23-20(24)27-21(2,3)4)11-12-18(19)26-15-16-9-7-6-8-10-16/h6-14H,5,15H2,1-4H3,(H,23,24). The first-order chi connectivity index (χ1) is 12.9. The predicted octanol–water partition coefficient (Wildman–Crippen LogP) is 4.52. The number of carbonyl (C=O) groups is 1. The highest BCUT2D eigenvalue weighted by atomic mass is 16.6. The van der Waals surface area contributed by atoms with Crippen LogP contribution < -0.4 is 14.9 Å². The van der Waals surface area contributed by atoms with E-state index in [0.29, 0.717) is 24.7 Å². The molecule has 0 bridgehead atoms. The van der Waals surface area contributed by atoms with Crippen molar-refractivity contribution in [2.24, 2.45) is 5.10 Å². The van der Waals surface area contributed by atoms with E-state index in [2.05, 4.69) is 10.5 Å². The molecule has 0 radical (unpaired) electrons. The molecule has 0 saturated heterocycles. The summed E-state index contributed by atoms with van der Waals surface area (Å²) < 4.78 is 16.7. The Balaban J connectivity index is 2.01. The van der Waals surface area contributed by atoms with Gasteiger partial charge in [0.1, 0.15) is 12.2 Å². The number of ether oxygens (including phenoxy) is 3. The van der Waals surface area contributed by atoms with Crippen molar-refractivity contribution in [3.05, 3.63) is 59.7 Å². The van der Waals surface area contributed by atoms with Crippen molar-refractivity contribution < 1.29 is 19.0 Å². The molecular formula is C21H26N2O4. The fraction of sp³-hybridized carbons (Fsp3) is 0.333. The van der Waals surface area contributed by atoms with Crippen LogP contribution in [0.4, 0.5) is 4.79 Å². The Morgan fingerprint density at radius 2 is 1.81 bits per heavy atom. The van der Waals surface area contributed by atoms with Gasteiger partial charge < -0.3 is 14.2 Å². The highest BCUT2D eigenvalue weighted by Gasteiger charge is 2.15. The third-order valence-electron chi connectivity index (χ3n) is 3.27. The quantitative estimate of drug-likeness (QED) is 0.574. The molecule has 2 aromatic carbocycles. The Kier molecular flexibility index (Phi) is 7.23. The largest absolute Gasteiger partial charge is 0.490 e. The molecule has 0 saturated carbocycles. The van der Waals surface area contributed by atoms with Crippen LogP contribution >= 0.6 is 0 Å². The van der Waals surface area contributed by atoms with Crippen LogP contribution in [0.15, 0.2) is 53.6 Å². The van der Waals surface area contributed by atoms with Gasteiger partial charge in [-0.2, -0.15) is 5.10 Å². The van der Waals surface area contributed by atoms with E-state index in [4.69, 9.17) is 14.2 Å². The second kappa shape index (κ2) is 9.62. The second-order valence-corrected chi connectivity index (χ2v) is 6.79. The first-order valence-electron chi connectivity index (χ1n) is 8.83. The number of carbonyl (C=O) groups excluding carboxylic acids is 1. The number of hydrogen-bond donors (Lipinski definition) is 1. The van der Waals surface area contributed by atoms with Crippen molar-refractivity contribution in [3.8, 4) is 11.5 Å². The molecular weight excluding hydrogens is 344 g/mol. The summed E-state index contributed by atoms with van der Waals surface area (Å²) in [5.74, 6) is 1.27. The van der Waals surface area contributed by atoms with E-state index in [1.165, 1.54) is 6.21 Å². The molecule has 144 valence electrons. The lowest BCUT2D eigenvalue weighted by Crippen LogP contribution is -2.29. The van der Waals surface area contributed by atoms with Gasteiger partial charge in [-0.1, -0.05) is 30.3 Å². The fourth-order valence-corrected chi connectivity index (χ4v) is 2.19. The van der Waals surface area contributed by atoms with E-state index in [9.17, 15) is 4.79 Å². The number of rotatable bonds is 7. The van der Waals surface area contributed by atoms with Crippen LogP contribution in [0.5, 0.6) is 11.5 Å². The van der Waals surface area contributed by atoms with Crippen LogP contribution in [0.25, 0.3) is 0 Å². The van der Waals surface area contributed by atoms with Gasteiger partial charge >= 0.3 is 6.09 Å². The maximum atomic E-state index is 11.6. The molecule has 0 spiro atoms. The van der Waals surface area contributed by atoms with Gasteiger partial charge in [0.05, 0.1) is 12.8 Å². The van der Waals surface area contributed by atoms with Crippen LogP contribution in [-0.2, 0) is 11.3 Å². The van der Waals surface area contributed by atoms with E-state index in [-0.39, 0.29) is 0 Å². The highest BCUT2D eigenvalue weighted by Crippen LogP contribution is 2.28. The molecule has 0 heterocycles. The van der Waals surface area contributed by atoms with Gasteiger partial charge in [0.25, 0.3) is 0 Å². The average molecular weight is 370 g/mol. The minimum Gasteiger partial charge on any atom is -0.490 e. The average Bonchev–Trinajstić information content (AvgIpc) is 2.61. The molecule has 2 aromatic rings. The van der Waals surface area contributed by atoms with Gasteiger partial charge in [0, 0.05) is 0 Å². The number of benzene rings is 2. The molecule has 2 rings (SSSR count). The third kappa shape index (κ3) is 7.40. The normalized spacial score (nSPS) is 11.3. The summed E-state index contributed by atoms with van der Waals surface area (Å²) in [4.78, 5) is 11.6. The lowest BCUT2D eigenvalue weighted by atomic mass is 10.2. The monoisotopic (exact) mass is 370 g/mol. The maximum Gasteiger partial charge on any atom is 0.428 e. The number of hydrogen-bond acceptors (Lipinski definition) is 5. The van der Waals surface area contributed by atoms with Crippen LogP contribution in [0.1, 0.15) is 38.8 Å². The number of nitrogens with one attached hydrogen (secondary N) is 1. The van der Waals surface area contributed by atoms with Crippen LogP contribution in [0, 0.1) is 0 Å². The van der Waals surface area contributed by atoms with E-state index in [0.717, 1.165) is 11.1 Å². The Hall–Kier alpha value is -3.02. The summed E-state index contributed by atoms with van der Waals surface area (Å²) >= 11 is 0. The molecule has 1 N–H and O–H groups in total. The van der Waals surface area contributed by atoms with Crippen LogP contribution in [0.2, 0.25) is 0 Å². The molecule has 0 aliphatic rings. The lowest BCUT2D eigenvalue weighted by molar-refractivity contribution is 0.0529. The summed E-state index contributed by atoms with van der Waals surface area (Å²) in [5.41, 5.74) is 3.61. The Bertz CT molecular complexity index is 767. The van der Waals surface area contributed by atoms with Gasteiger partial charge in [-0.05, 0) is 57.0 Å². The zero-order valence-corrected chi connectivity index (χ0v) is 16.2. The van der Waals surface area contributed by atoms with Gasteiger partial charge in [-0.3, -0.25) is 0 Å². The molecule has 6 nitrogen and oxygen atoms in total. The van der Waals surface area contributed by atoms with Crippen molar-refractivity contribution in [3.63, 3.8) is 0 Å². The molecule has 0 aliphatic heterocycles. The highest BCUT2D eigenvalue weighted by molar-refractivity contribution is 5.82. The Labute approximate surface area is 160 Å². The van der Waals surface area contributed by atoms with E-state index >= 15 is 0 Å². The summed E-state index contributed by atoms with van der Waals surface area (Å²) in [6, 6.07) is 15.4. The second-order valence-electron chi connectivity index (χ2n) is 6.79. The van der Waals surface area contributed by atoms with Crippen LogP contribution in [-0.4, -0.2) is 24.5 Å². The van der Waals surface area contributed by atoms with E-state index in [1.54, 1.807) is 20.8 Å². The maximum absolute atomic E-state index is 11.6. The Morgan fingerprint density at radius 3 is 2.48 bits per heavy atom. The molecule has 6 heteroatoms. The van der Waals surface area contributed by atoms with Gasteiger partial charge in [0.15, 0.2) is 11.5 Å². The minimum absolute atomic E-state index is 0.453. The van der Waals surface area contributed by atoms with E-state index < -0.39 is 11.7 Å². The number of amides is 1. The zero-order valence-electron chi connectivity index (χ0n) is 16.2. The topological polar surface area (TPSA) is 69.2 Å². The molecule has 1 amide bonds. The Morgan fingerprint density at radius 1 is 1.07 bits per heavy atom. The van der Waals surface area contributed by atoms with Crippen molar-refractivity contribution in [1.82, 2.24) is 5.43 Å². The predicted molar refractivity (Wildman–Crippen MR) is 105 cm³/mol. The summed E-state index contributed by atoms with van der Waals surface area (Å²) in [7, 11) is 0. The summed E-state index contributed by atoms with van der Waals surface area (Å²) in [6.07, 6.45) is 0.916. The van der Waals surface area contributed by atoms with Gasteiger partial charge in [0.2, 0.25) is 0 Å². The fourth-order valence-electron chi connectivity index (χ4n) is 2.19. The van der Waals surface area contributed by atoms with Crippen molar-refractivity contribution >= 4 is 12.3 Å². The lowest BCUT2D eigenvalue weighted by Gasteiger charge is -2.18. The summed E-state index contributed by atoms with van der Waals surface area (Å²) in [6.45, 7) is 8.25. The molecule has 0 aromatic heterocycles. The smallest absolute Gasteiger partial charge is 0.428 e. The first-order valence-corrected chi connectivity index (χ1v) is 8.83. The van der Waals surface area contributed by atoms with Crippen molar-refractivity contribution in [2.75, 3.05) is 6.61 Å². The van der Waals surface area contributed by atoms with E-state index in [1.807, 2.05) is 55.5 Å². The van der Waals surface area contributed by atoms with Crippen molar-refractivity contribution in [2.45, 2.75) is 39.9 Å². The van der Waals surface area contributed by atoms with Crippen molar-refractivity contribution in [1.29, 1.82) is 0 Å². The first kappa shape index (κ1) is 20.3. The molecule has 0 unspecified atom stereocenters. The van der Waals surface area contributed by atoms with Gasteiger partial charge in [-0.25, -0.2) is 10.2 Å².